The first-order chi connectivity index (χ1) is 15.9. The van der Waals surface area contributed by atoms with Crippen LogP contribution >= 0.6 is 0 Å². The third kappa shape index (κ3) is 3.88. The summed E-state index contributed by atoms with van der Waals surface area (Å²) in [5.74, 6) is -1.28. The topological polar surface area (TPSA) is 62.3 Å². The van der Waals surface area contributed by atoms with E-state index in [-0.39, 0.29) is 23.0 Å². The van der Waals surface area contributed by atoms with Crippen LogP contribution in [0.2, 0.25) is 0 Å². The maximum atomic E-state index is 16.2. The van der Waals surface area contributed by atoms with Gasteiger partial charge < -0.3 is 0 Å². The molecule has 1 saturated carbocycles. The number of halogens is 1. The summed E-state index contributed by atoms with van der Waals surface area (Å²) in [4.78, 5) is 31.2. The lowest BCUT2D eigenvalue weighted by Crippen LogP contribution is -2.43. The predicted octanol–water partition coefficient (Wildman–Crippen LogP) is 4.87. The van der Waals surface area contributed by atoms with E-state index in [1.54, 1.807) is 6.07 Å². The first-order valence-corrected chi connectivity index (χ1v) is 12.3. The second-order valence-corrected chi connectivity index (χ2v) is 9.95. The largest absolute Gasteiger partial charge is 0.299 e. The third-order valence-electron chi connectivity index (χ3n) is 7.98. The lowest BCUT2D eigenvalue weighted by Gasteiger charge is -2.46. The van der Waals surface area contributed by atoms with Crippen LogP contribution in [-0.4, -0.2) is 41.3 Å². The Morgan fingerprint density at radius 1 is 1.21 bits per heavy atom. The molecule has 1 aromatic carbocycles. The van der Waals surface area contributed by atoms with E-state index in [0.717, 1.165) is 38.0 Å². The number of amides is 2. The van der Waals surface area contributed by atoms with Crippen molar-refractivity contribution in [3.05, 3.63) is 46.9 Å². The molecule has 33 heavy (non-hydrogen) atoms. The van der Waals surface area contributed by atoms with Crippen LogP contribution in [0.15, 0.2) is 24.3 Å². The number of carbonyl (C=O) groups is 2. The zero-order valence-corrected chi connectivity index (χ0v) is 19.5. The zero-order chi connectivity index (χ0) is 23.2. The maximum absolute atomic E-state index is 16.2. The van der Waals surface area contributed by atoms with Crippen LogP contribution in [-0.2, 0) is 9.59 Å². The summed E-state index contributed by atoms with van der Waals surface area (Å²) in [5.41, 5.74) is 3.86. The highest BCUT2D eigenvalue weighted by Gasteiger charge is 2.41. The standard InChI is InChI=1S/C27H32FN3O2/c1-3-31-14-11-22(27(16-31)12-5-4-6-13-27)19-7-9-23-21(25(19)28)15-20(17(2)29-23)18-8-10-24(32)30-26(18)33/h7,9,11,15,18H,3-6,8,10,12-14,16H2,1-2H3,(H,30,32,33). The van der Waals surface area contributed by atoms with Crippen LogP contribution < -0.4 is 5.32 Å². The average molecular weight is 450 g/mol. The van der Waals surface area contributed by atoms with E-state index in [4.69, 9.17) is 0 Å². The van der Waals surface area contributed by atoms with Crippen LogP contribution in [0.4, 0.5) is 4.39 Å². The molecule has 0 radical (unpaired) electrons. The van der Waals surface area contributed by atoms with Crippen molar-refractivity contribution in [1.29, 1.82) is 0 Å². The number of nitrogens with one attached hydrogen (secondary N) is 1. The minimum Gasteiger partial charge on any atom is -0.299 e. The molecular formula is C27H32FN3O2. The minimum atomic E-state index is -0.473. The molecule has 2 amide bonds. The summed E-state index contributed by atoms with van der Waals surface area (Å²) in [7, 11) is 0. The molecule has 6 heteroatoms. The van der Waals surface area contributed by atoms with E-state index in [1.807, 2.05) is 19.1 Å². The number of aryl methyl sites for hydroxylation is 1. The zero-order valence-electron chi connectivity index (χ0n) is 19.5. The van der Waals surface area contributed by atoms with Gasteiger partial charge in [0.05, 0.1) is 11.4 Å². The molecule has 1 spiro atoms. The Hall–Kier alpha value is -2.60. The molecule has 3 heterocycles. The molecule has 1 N–H and O–H groups in total. The van der Waals surface area contributed by atoms with E-state index in [0.29, 0.717) is 40.6 Å². The molecule has 1 aliphatic carbocycles. The van der Waals surface area contributed by atoms with Crippen LogP contribution in [0.1, 0.15) is 74.6 Å². The summed E-state index contributed by atoms with van der Waals surface area (Å²) < 4.78 is 16.2. The van der Waals surface area contributed by atoms with E-state index in [9.17, 15) is 9.59 Å². The van der Waals surface area contributed by atoms with Gasteiger partial charge in [-0.15, -0.1) is 0 Å². The Morgan fingerprint density at radius 2 is 2.00 bits per heavy atom. The van der Waals surface area contributed by atoms with Gasteiger partial charge in [0.15, 0.2) is 0 Å². The van der Waals surface area contributed by atoms with Crippen molar-refractivity contribution in [2.75, 3.05) is 19.6 Å². The van der Waals surface area contributed by atoms with Gasteiger partial charge in [0, 0.05) is 41.6 Å². The van der Waals surface area contributed by atoms with E-state index in [1.165, 1.54) is 19.3 Å². The fourth-order valence-corrected chi connectivity index (χ4v) is 6.18. The number of hydrogen-bond donors (Lipinski definition) is 1. The van der Waals surface area contributed by atoms with E-state index < -0.39 is 5.92 Å². The number of benzene rings is 1. The second-order valence-electron chi connectivity index (χ2n) is 9.95. The van der Waals surface area contributed by atoms with Gasteiger partial charge in [-0.1, -0.05) is 32.3 Å². The normalized spacial score (nSPS) is 23.6. The lowest BCUT2D eigenvalue weighted by molar-refractivity contribution is -0.134. The van der Waals surface area contributed by atoms with Crippen LogP contribution in [0, 0.1) is 18.2 Å². The Bertz CT molecular complexity index is 1150. The number of aromatic nitrogens is 1. The van der Waals surface area contributed by atoms with E-state index >= 15 is 4.39 Å². The summed E-state index contributed by atoms with van der Waals surface area (Å²) in [5, 5.41) is 2.88. The lowest BCUT2D eigenvalue weighted by atomic mass is 9.65. The molecule has 1 saturated heterocycles. The van der Waals surface area contributed by atoms with Crippen molar-refractivity contribution in [3.63, 3.8) is 0 Å². The van der Waals surface area contributed by atoms with Gasteiger partial charge in [0.1, 0.15) is 5.82 Å². The van der Waals surface area contributed by atoms with Crippen molar-refractivity contribution in [2.24, 2.45) is 5.41 Å². The van der Waals surface area contributed by atoms with Gasteiger partial charge in [-0.3, -0.25) is 24.8 Å². The molecule has 1 unspecified atom stereocenters. The molecule has 0 bridgehead atoms. The first kappa shape index (κ1) is 22.2. The van der Waals surface area contributed by atoms with Gasteiger partial charge in [-0.05, 0) is 62.1 Å². The quantitative estimate of drug-likeness (QED) is 0.679. The smallest absolute Gasteiger partial charge is 0.234 e. The number of nitrogens with zero attached hydrogens (tertiary/aromatic N) is 2. The number of fused-ring (bicyclic) bond motifs is 1. The van der Waals surface area contributed by atoms with Crippen LogP contribution in [0.3, 0.4) is 0 Å². The Balaban J connectivity index is 1.60. The second kappa shape index (κ2) is 8.64. The van der Waals surface area contributed by atoms with Gasteiger partial charge in [-0.25, -0.2) is 4.39 Å². The van der Waals surface area contributed by atoms with E-state index in [2.05, 4.69) is 28.2 Å². The maximum Gasteiger partial charge on any atom is 0.234 e. The molecule has 2 fully saturated rings. The summed E-state index contributed by atoms with van der Waals surface area (Å²) >= 11 is 0. The summed E-state index contributed by atoms with van der Waals surface area (Å²) in [6.45, 7) is 6.88. The van der Waals surface area contributed by atoms with Crippen molar-refractivity contribution >= 4 is 28.3 Å². The fourth-order valence-electron chi connectivity index (χ4n) is 6.18. The molecule has 174 valence electrons. The van der Waals surface area contributed by atoms with Crippen molar-refractivity contribution in [2.45, 2.75) is 64.7 Å². The number of imide groups is 1. The molecule has 2 aliphatic heterocycles. The first-order valence-electron chi connectivity index (χ1n) is 12.3. The molecule has 1 atom stereocenters. The highest BCUT2D eigenvalue weighted by molar-refractivity contribution is 6.01. The molecular weight excluding hydrogens is 417 g/mol. The van der Waals surface area contributed by atoms with Crippen molar-refractivity contribution in [1.82, 2.24) is 15.2 Å². The number of likely N-dealkylation sites (N-methyl/N-ethyl adjacent to an activating group) is 1. The van der Waals surface area contributed by atoms with Gasteiger partial charge >= 0.3 is 0 Å². The fraction of sp³-hybridized carbons (Fsp3) is 0.519. The van der Waals surface area contributed by atoms with Crippen LogP contribution in [0.5, 0.6) is 0 Å². The number of carbonyl (C=O) groups excluding carboxylic acids is 2. The van der Waals surface area contributed by atoms with Crippen molar-refractivity contribution in [3.8, 4) is 0 Å². The van der Waals surface area contributed by atoms with Crippen molar-refractivity contribution < 1.29 is 14.0 Å². The number of pyridine rings is 1. The van der Waals surface area contributed by atoms with Gasteiger partial charge in [0.25, 0.3) is 0 Å². The molecule has 5 rings (SSSR count). The Morgan fingerprint density at radius 3 is 2.73 bits per heavy atom. The molecule has 1 aromatic heterocycles. The molecule has 5 nitrogen and oxygen atoms in total. The summed E-state index contributed by atoms with van der Waals surface area (Å²) in [6.07, 6.45) is 8.78. The molecule has 3 aliphatic rings. The summed E-state index contributed by atoms with van der Waals surface area (Å²) in [6, 6.07) is 5.62. The van der Waals surface area contributed by atoms with Gasteiger partial charge in [-0.2, -0.15) is 0 Å². The number of piperidine rings is 1. The third-order valence-corrected chi connectivity index (χ3v) is 7.98. The number of hydrogen-bond acceptors (Lipinski definition) is 4. The van der Waals surface area contributed by atoms with Gasteiger partial charge in [0.2, 0.25) is 11.8 Å². The SMILES string of the molecule is CCN1CC=C(c2ccc3nc(C)c(C4CCC(=O)NC4=O)cc3c2F)C2(CCCCC2)C1. The highest BCUT2D eigenvalue weighted by Crippen LogP contribution is 2.50. The Kier molecular flexibility index (Phi) is 5.81. The number of rotatable bonds is 3. The minimum absolute atomic E-state index is 0.00556. The Labute approximate surface area is 194 Å². The van der Waals surface area contributed by atoms with Crippen LogP contribution in [0.25, 0.3) is 16.5 Å². The molecule has 2 aromatic rings. The average Bonchev–Trinajstić information content (AvgIpc) is 2.80. The predicted molar refractivity (Wildman–Crippen MR) is 127 cm³/mol. The highest BCUT2D eigenvalue weighted by atomic mass is 19.1. The monoisotopic (exact) mass is 449 g/mol.